The van der Waals surface area contributed by atoms with Gasteiger partial charge in [0.2, 0.25) is 0 Å². The number of fused-ring (bicyclic) bond motifs is 7. The fourth-order valence-corrected chi connectivity index (χ4v) is 18.5. The highest BCUT2D eigenvalue weighted by Gasteiger charge is 2.46. The Balaban J connectivity index is 0.970. The van der Waals surface area contributed by atoms with Crippen molar-refractivity contribution in [1.82, 2.24) is 4.57 Å². The summed E-state index contributed by atoms with van der Waals surface area (Å²) in [5.74, 6) is 0. The summed E-state index contributed by atoms with van der Waals surface area (Å²) in [7, 11) is 0. The highest BCUT2D eigenvalue weighted by molar-refractivity contribution is 7.00. The highest BCUT2D eigenvalue weighted by Crippen LogP contribution is 2.56. The topological polar surface area (TPSA) is 11.4 Å². The highest BCUT2D eigenvalue weighted by atomic mass is 15.2. The van der Waals surface area contributed by atoms with E-state index in [1.807, 2.05) is 0 Å². The van der Waals surface area contributed by atoms with E-state index in [0.717, 1.165) is 129 Å². The molecule has 0 unspecified atom stereocenters. The molecule has 19 aromatic rings. The minimum Gasteiger partial charge on any atom is -0.310 e. The zero-order valence-corrected chi connectivity index (χ0v) is 63.7. The Labute approximate surface area is 655 Å². The van der Waals surface area contributed by atoms with Crippen LogP contribution in [0.5, 0.6) is 0 Å². The van der Waals surface area contributed by atoms with E-state index in [9.17, 15) is 0 Å². The lowest BCUT2D eigenvalue weighted by atomic mass is 9.33. The fraction of sp³-hybridized carbons (Fsp3) is 0.0741. The number of hydrogen-bond donors (Lipinski definition) is 0. The van der Waals surface area contributed by atoms with Crippen molar-refractivity contribution in [2.75, 3.05) is 9.80 Å². The van der Waals surface area contributed by atoms with E-state index in [4.69, 9.17) is 0 Å². The van der Waals surface area contributed by atoms with Crippen molar-refractivity contribution in [2.24, 2.45) is 0 Å². The molecular weight excluding hydrogens is 1350 g/mol. The maximum atomic E-state index is 2.72. The van der Waals surface area contributed by atoms with Crippen LogP contribution in [-0.4, -0.2) is 11.3 Å². The quantitative estimate of drug-likeness (QED) is 0.0944. The Morgan fingerprint density at radius 2 is 0.616 bits per heavy atom. The van der Waals surface area contributed by atoms with E-state index in [1.165, 1.54) is 81.7 Å². The van der Waals surface area contributed by atoms with Crippen LogP contribution < -0.4 is 26.2 Å². The third-order valence-electron chi connectivity index (χ3n) is 23.9. The van der Waals surface area contributed by atoms with Gasteiger partial charge in [0.15, 0.2) is 0 Å². The monoisotopic (exact) mass is 1430 g/mol. The van der Waals surface area contributed by atoms with Gasteiger partial charge in [0.25, 0.3) is 6.71 Å². The number of nitrogens with zero attached hydrogens (tertiary/aromatic N) is 3. The van der Waals surface area contributed by atoms with E-state index in [-0.39, 0.29) is 17.5 Å². The van der Waals surface area contributed by atoms with Crippen molar-refractivity contribution < 1.29 is 0 Å². The predicted molar refractivity (Wildman–Crippen MR) is 479 cm³/mol. The summed E-state index contributed by atoms with van der Waals surface area (Å²) in [6, 6.07) is 143. The van der Waals surface area contributed by atoms with Gasteiger partial charge in [0, 0.05) is 55.8 Å². The molecule has 0 saturated heterocycles. The third-order valence-corrected chi connectivity index (χ3v) is 23.9. The number of aromatic nitrogens is 1. The smallest absolute Gasteiger partial charge is 0.252 e. The standard InChI is InChI=1S/C108H80BN3/c1-107(2,3)83-56-78-50-51-79-57-84(108(4,5)6)66-93-88(63-82(58-83)102(78)103(79)93)77-53-55-98-95(64-77)109-94-54-52-76(69-32-14-7-15-33-69)65-99(94)112(106-91(74-42-24-12-25-43-74)61-81(71-36-18-9-19-37-71)62-92(106)75-44-26-13-27-45-75)101-68-85(110-96-48-30-28-46-86(96)87-47-29-31-49-97(87)110)67-100(104(101)109)111(98)105-89(72-38-20-10-21-39-72)59-80(70-34-16-8-17-35-70)60-90(105)73-40-22-11-23-41-73/h7-68H,1-6H3. The number of para-hydroxylation sites is 2. The SMILES string of the molecule is CC(C)(C)c1cc2ccc3cc(C(C)(C)C)cc4c(-c5ccc6c(c5)B5c7ccc(-c8ccccc8)cc7N(c7c(-c8ccccc8)cc(-c8ccccc8)cc7-c7ccccc7)c7cc(-n8c9ccccc9c9ccccc98)cc(c75)N6c5c(-c6ccccc6)cc(-c6ccccc6)cc5-c5ccccc5)cc(c1)c2c34. The van der Waals surface area contributed by atoms with E-state index < -0.39 is 0 Å². The summed E-state index contributed by atoms with van der Waals surface area (Å²) in [6.07, 6.45) is 0. The van der Waals surface area contributed by atoms with Crippen LogP contribution in [-0.2, 0) is 10.8 Å². The minimum atomic E-state index is -0.319. The second-order valence-electron chi connectivity index (χ2n) is 32.7. The molecule has 4 heteroatoms. The van der Waals surface area contributed by atoms with Crippen molar-refractivity contribution >= 4 is 111 Å². The first-order chi connectivity index (χ1) is 54.8. The van der Waals surface area contributed by atoms with E-state index in [1.54, 1.807) is 0 Å². The number of benzene rings is 18. The van der Waals surface area contributed by atoms with Gasteiger partial charge in [-0.05, 0) is 210 Å². The molecular formula is C108H80BN3. The first-order valence-corrected chi connectivity index (χ1v) is 39.4. The first kappa shape index (κ1) is 66.6. The van der Waals surface area contributed by atoms with Crippen LogP contribution in [0.2, 0.25) is 0 Å². The lowest BCUT2D eigenvalue weighted by Gasteiger charge is -2.46. The van der Waals surface area contributed by atoms with Gasteiger partial charge in [-0.3, -0.25) is 0 Å². The average molecular weight is 1430 g/mol. The maximum Gasteiger partial charge on any atom is 0.252 e. The molecule has 0 saturated carbocycles. The molecule has 530 valence electrons. The third kappa shape index (κ3) is 10.9. The molecule has 0 radical (unpaired) electrons. The number of hydrogen-bond acceptors (Lipinski definition) is 2. The van der Waals surface area contributed by atoms with Gasteiger partial charge in [0.05, 0.1) is 28.1 Å². The van der Waals surface area contributed by atoms with Crippen molar-refractivity contribution in [3.8, 4) is 94.7 Å². The molecule has 2 aliphatic rings. The van der Waals surface area contributed by atoms with Crippen LogP contribution in [0.4, 0.5) is 34.1 Å². The average Bonchev–Trinajstić information content (AvgIpc) is 0.797. The molecule has 3 nitrogen and oxygen atoms in total. The van der Waals surface area contributed by atoms with Gasteiger partial charge < -0.3 is 14.4 Å². The Hall–Kier alpha value is -13.5. The Morgan fingerprint density at radius 3 is 1.07 bits per heavy atom. The summed E-state index contributed by atoms with van der Waals surface area (Å²) in [6.45, 7) is 13.8. The summed E-state index contributed by atoms with van der Waals surface area (Å²) in [5, 5.41) is 10.1. The molecule has 0 bridgehead atoms. The molecule has 0 fully saturated rings. The summed E-state index contributed by atoms with van der Waals surface area (Å²) in [5.41, 5.74) is 34.2. The lowest BCUT2D eigenvalue weighted by molar-refractivity contribution is 0.591. The molecule has 21 rings (SSSR count). The van der Waals surface area contributed by atoms with Crippen molar-refractivity contribution in [3.63, 3.8) is 0 Å². The summed E-state index contributed by atoms with van der Waals surface area (Å²) < 4.78 is 2.55. The van der Waals surface area contributed by atoms with Gasteiger partial charge >= 0.3 is 0 Å². The minimum absolute atomic E-state index is 0.0847. The maximum absolute atomic E-state index is 2.72. The molecule has 112 heavy (non-hydrogen) atoms. The Bertz CT molecular complexity index is 6740. The molecule has 18 aromatic carbocycles. The number of rotatable bonds is 11. The zero-order valence-electron chi connectivity index (χ0n) is 63.7. The molecule has 0 amide bonds. The zero-order chi connectivity index (χ0) is 75.1. The molecule has 0 N–H and O–H groups in total. The van der Waals surface area contributed by atoms with Crippen LogP contribution >= 0.6 is 0 Å². The molecule has 0 spiro atoms. The van der Waals surface area contributed by atoms with Crippen molar-refractivity contribution in [2.45, 2.75) is 52.4 Å². The molecule has 1 aromatic heterocycles. The van der Waals surface area contributed by atoms with Crippen LogP contribution in [0.15, 0.2) is 376 Å². The van der Waals surface area contributed by atoms with E-state index in [2.05, 4.69) is 432 Å². The first-order valence-electron chi connectivity index (χ1n) is 39.4. The van der Waals surface area contributed by atoms with Crippen molar-refractivity contribution in [3.05, 3.63) is 387 Å². The Kier molecular flexibility index (Phi) is 15.5. The second-order valence-corrected chi connectivity index (χ2v) is 32.7. The van der Waals surface area contributed by atoms with Crippen LogP contribution in [0, 0.1) is 0 Å². The van der Waals surface area contributed by atoms with Crippen molar-refractivity contribution in [1.29, 1.82) is 0 Å². The molecule has 0 atom stereocenters. The normalized spacial score (nSPS) is 12.7. The van der Waals surface area contributed by atoms with Gasteiger partial charge in [0.1, 0.15) is 0 Å². The molecule has 3 heterocycles. The van der Waals surface area contributed by atoms with Crippen LogP contribution in [0.3, 0.4) is 0 Å². The summed E-state index contributed by atoms with van der Waals surface area (Å²) >= 11 is 0. The van der Waals surface area contributed by atoms with Crippen LogP contribution in [0.25, 0.3) is 149 Å². The number of anilines is 6. The largest absolute Gasteiger partial charge is 0.310 e. The van der Waals surface area contributed by atoms with E-state index in [0.29, 0.717) is 0 Å². The second kappa shape index (κ2) is 26.1. The van der Waals surface area contributed by atoms with Gasteiger partial charge in [-0.1, -0.05) is 345 Å². The summed E-state index contributed by atoms with van der Waals surface area (Å²) in [4.78, 5) is 5.44. The van der Waals surface area contributed by atoms with E-state index >= 15 is 0 Å². The van der Waals surface area contributed by atoms with Gasteiger partial charge in [-0.25, -0.2) is 0 Å². The lowest BCUT2D eigenvalue weighted by Crippen LogP contribution is -2.61. The van der Waals surface area contributed by atoms with Gasteiger partial charge in [-0.2, -0.15) is 0 Å². The van der Waals surface area contributed by atoms with Crippen LogP contribution in [0.1, 0.15) is 52.7 Å². The fourth-order valence-electron chi connectivity index (χ4n) is 18.5. The Morgan fingerprint density at radius 1 is 0.232 bits per heavy atom. The molecule has 0 aliphatic carbocycles. The predicted octanol–water partition coefficient (Wildman–Crippen LogP) is 27.7. The van der Waals surface area contributed by atoms with Gasteiger partial charge in [-0.15, -0.1) is 0 Å². The molecule has 2 aliphatic heterocycles.